The lowest BCUT2D eigenvalue weighted by Crippen LogP contribution is -2.48. The average molecular weight is 851 g/mol. The zero-order valence-corrected chi connectivity index (χ0v) is 36.6. The number of aromatic hydroxyl groups is 2. The minimum atomic E-state index is -1.26. The number of phenols is 2. The molecule has 11 heteroatoms. The topological polar surface area (TPSA) is 205 Å². The molecule has 4 aromatic rings. The SMILES string of the molecule is CCCCCC1C=CC(CCCCCC(C(=O)O)C(O)CC(CNC)C2(O)CC(Cc3ccnc(N)c3)CC2Cc2cc(-c3ccccc3)c(-c3cc(O)cc(O)c3)[nH]2)C(O)C1. The van der Waals surface area contributed by atoms with Gasteiger partial charge in [0.25, 0.3) is 0 Å². The number of nitrogens with two attached hydrogens (primary N) is 1. The second-order valence-corrected chi connectivity index (χ2v) is 18.4. The van der Waals surface area contributed by atoms with Crippen molar-refractivity contribution in [3.05, 3.63) is 96.3 Å². The molecule has 0 saturated heterocycles. The van der Waals surface area contributed by atoms with E-state index in [0.717, 1.165) is 60.2 Å². The number of anilines is 1. The number of nitrogen functional groups attached to an aromatic ring is 1. The van der Waals surface area contributed by atoms with E-state index in [1.54, 1.807) is 18.3 Å². The number of allylic oxidation sites excluding steroid dienone is 1. The number of aromatic amines is 1. The minimum absolute atomic E-state index is 0.0594. The molecule has 2 aromatic carbocycles. The number of carbonyl (C=O) groups is 1. The highest BCUT2D eigenvalue weighted by Crippen LogP contribution is 2.49. The zero-order chi connectivity index (χ0) is 44.2. The van der Waals surface area contributed by atoms with Crippen molar-refractivity contribution < 1.29 is 35.4 Å². The molecular formula is C51H70N4O7. The summed E-state index contributed by atoms with van der Waals surface area (Å²) in [6, 6.07) is 20.3. The van der Waals surface area contributed by atoms with Gasteiger partial charge in [-0.25, -0.2) is 4.98 Å². The molecule has 10 N–H and O–H groups in total. The number of nitrogens with zero attached hydrogens (tertiary/aromatic N) is 1. The van der Waals surface area contributed by atoms with E-state index in [1.165, 1.54) is 25.3 Å². The maximum atomic E-state index is 13.1. The second kappa shape index (κ2) is 22.1. The van der Waals surface area contributed by atoms with E-state index in [-0.39, 0.29) is 41.8 Å². The molecular weight excluding hydrogens is 781 g/mol. The van der Waals surface area contributed by atoms with Crippen molar-refractivity contribution in [3.8, 4) is 33.9 Å². The molecule has 0 radical (unpaired) electrons. The lowest BCUT2D eigenvalue weighted by atomic mass is 9.73. The molecule has 1 fully saturated rings. The van der Waals surface area contributed by atoms with Crippen LogP contribution in [0.5, 0.6) is 11.5 Å². The fraction of sp³-hybridized carbons (Fsp3) is 0.529. The first-order chi connectivity index (χ1) is 29.9. The molecule has 2 heterocycles. The molecule has 9 atom stereocenters. The molecule has 6 rings (SSSR count). The minimum Gasteiger partial charge on any atom is -0.508 e. The van der Waals surface area contributed by atoms with Gasteiger partial charge in [0, 0.05) is 47.5 Å². The Hall–Kier alpha value is -4.68. The number of carboxylic acid groups (broad SMARTS) is 1. The van der Waals surface area contributed by atoms with Crippen molar-refractivity contribution in [3.63, 3.8) is 0 Å². The molecule has 1 saturated carbocycles. The van der Waals surface area contributed by atoms with Crippen molar-refractivity contribution >= 4 is 11.8 Å². The standard InChI is InChI=1S/C51H70N4O7/c1-3-4-7-12-33-17-18-37(46(58)23-33)15-10-6-11-16-44(50(60)61)47(59)28-40(32-53-2)51(62)31-35(21-34-19-20-54-48(52)24-34)22-39(51)27-41-29-45(36-13-8-5-9-14-36)49(55-41)38-25-42(56)30-43(57)26-38/h5,8-9,13-14,17-20,24-26,29-30,33,35,37,39-40,44,46-47,53,55-59,62H,3-4,6-7,10-12,15-16,21-23,27-28,31-32H2,1-2H3,(H2,52,54)(H,60,61). The Balaban J connectivity index is 1.18. The summed E-state index contributed by atoms with van der Waals surface area (Å²) in [7, 11) is 1.82. The zero-order valence-electron chi connectivity index (χ0n) is 36.6. The van der Waals surface area contributed by atoms with E-state index in [9.17, 15) is 35.4 Å². The number of benzene rings is 2. The number of pyridine rings is 1. The summed E-state index contributed by atoms with van der Waals surface area (Å²) in [6.07, 6.45) is 16.1. The van der Waals surface area contributed by atoms with Gasteiger partial charge in [0.1, 0.15) is 17.3 Å². The lowest BCUT2D eigenvalue weighted by molar-refractivity contribution is -0.148. The number of rotatable bonds is 23. The molecule has 2 aliphatic carbocycles. The summed E-state index contributed by atoms with van der Waals surface area (Å²) >= 11 is 0. The van der Waals surface area contributed by atoms with Crippen LogP contribution >= 0.6 is 0 Å². The summed E-state index contributed by atoms with van der Waals surface area (Å²) in [4.78, 5) is 20.5. The van der Waals surface area contributed by atoms with Gasteiger partial charge >= 0.3 is 5.97 Å². The number of nitrogens with one attached hydrogen (secondary N) is 2. The number of hydrogen-bond donors (Lipinski definition) is 9. The number of aliphatic carboxylic acids is 1. The summed E-state index contributed by atoms with van der Waals surface area (Å²) in [5.74, 6) is -1.76. The van der Waals surface area contributed by atoms with Crippen molar-refractivity contribution in [1.82, 2.24) is 15.3 Å². The molecule has 2 aliphatic rings. The predicted octanol–water partition coefficient (Wildman–Crippen LogP) is 8.65. The van der Waals surface area contributed by atoms with Crippen LogP contribution in [0, 0.1) is 35.5 Å². The van der Waals surface area contributed by atoms with Crippen molar-refractivity contribution in [2.45, 2.75) is 121 Å². The van der Waals surface area contributed by atoms with Gasteiger partial charge in [-0.3, -0.25) is 4.79 Å². The van der Waals surface area contributed by atoms with Gasteiger partial charge in [-0.2, -0.15) is 0 Å². The monoisotopic (exact) mass is 851 g/mol. The molecule has 0 bridgehead atoms. The quantitative estimate of drug-likeness (QED) is 0.0257. The van der Waals surface area contributed by atoms with Gasteiger partial charge in [-0.15, -0.1) is 0 Å². The molecule has 0 aliphatic heterocycles. The van der Waals surface area contributed by atoms with Crippen LogP contribution in [0.1, 0.15) is 102 Å². The number of unbranched alkanes of at least 4 members (excludes halogenated alkanes) is 4. The molecule has 0 amide bonds. The van der Waals surface area contributed by atoms with Crippen LogP contribution in [0.15, 0.2) is 85.1 Å². The first kappa shape index (κ1) is 46.8. The highest BCUT2D eigenvalue weighted by molar-refractivity contribution is 5.83. The van der Waals surface area contributed by atoms with Crippen molar-refractivity contribution in [2.75, 3.05) is 19.3 Å². The fourth-order valence-electron chi connectivity index (χ4n) is 10.6. The Morgan fingerprint density at radius 1 is 0.935 bits per heavy atom. The Labute approximate surface area is 367 Å². The lowest BCUT2D eigenvalue weighted by Gasteiger charge is -2.40. The summed E-state index contributed by atoms with van der Waals surface area (Å²) in [5, 5.41) is 70.2. The van der Waals surface area contributed by atoms with Gasteiger partial charge in [-0.05, 0) is 124 Å². The summed E-state index contributed by atoms with van der Waals surface area (Å²) in [5.41, 5.74) is 9.88. The van der Waals surface area contributed by atoms with E-state index in [4.69, 9.17) is 5.73 Å². The highest BCUT2D eigenvalue weighted by Gasteiger charge is 2.51. The van der Waals surface area contributed by atoms with Crippen LogP contribution in [0.2, 0.25) is 0 Å². The van der Waals surface area contributed by atoms with Crippen LogP contribution in [-0.2, 0) is 17.6 Å². The highest BCUT2D eigenvalue weighted by atomic mass is 16.4. The van der Waals surface area contributed by atoms with Gasteiger partial charge in [0.15, 0.2) is 0 Å². The van der Waals surface area contributed by atoms with E-state index in [2.05, 4.69) is 40.4 Å². The average Bonchev–Trinajstić information content (AvgIpc) is 3.80. The Morgan fingerprint density at radius 3 is 2.39 bits per heavy atom. The Bertz CT molecular complexity index is 2030. The first-order valence-electron chi connectivity index (χ1n) is 23.0. The van der Waals surface area contributed by atoms with Crippen molar-refractivity contribution in [2.24, 2.45) is 35.5 Å². The van der Waals surface area contributed by atoms with E-state index < -0.39 is 29.5 Å². The molecule has 0 spiro atoms. The first-order valence-corrected chi connectivity index (χ1v) is 23.0. The Kier molecular flexibility index (Phi) is 16.7. The van der Waals surface area contributed by atoms with E-state index in [0.29, 0.717) is 62.4 Å². The normalized spacial score (nSPS) is 23.9. The van der Waals surface area contributed by atoms with Gasteiger partial charge in [0.05, 0.1) is 29.4 Å². The molecule has 2 aromatic heterocycles. The third-order valence-electron chi connectivity index (χ3n) is 13.8. The molecule has 62 heavy (non-hydrogen) atoms. The van der Waals surface area contributed by atoms with Gasteiger partial charge < -0.3 is 46.7 Å². The maximum Gasteiger partial charge on any atom is 0.309 e. The number of aromatic nitrogens is 2. The number of carboxylic acids is 1. The largest absolute Gasteiger partial charge is 0.508 e. The van der Waals surface area contributed by atoms with E-state index in [1.807, 2.05) is 49.5 Å². The maximum absolute atomic E-state index is 13.1. The van der Waals surface area contributed by atoms with Crippen LogP contribution < -0.4 is 11.1 Å². The fourth-order valence-corrected chi connectivity index (χ4v) is 10.6. The van der Waals surface area contributed by atoms with Gasteiger partial charge in [0.2, 0.25) is 0 Å². The molecule has 9 unspecified atom stereocenters. The smallest absolute Gasteiger partial charge is 0.309 e. The van der Waals surface area contributed by atoms with Crippen LogP contribution in [0.4, 0.5) is 5.82 Å². The number of hydrogen-bond acceptors (Lipinski definition) is 9. The van der Waals surface area contributed by atoms with Gasteiger partial charge in [-0.1, -0.05) is 87.9 Å². The van der Waals surface area contributed by atoms with Crippen LogP contribution in [-0.4, -0.2) is 78.0 Å². The summed E-state index contributed by atoms with van der Waals surface area (Å²) < 4.78 is 0. The van der Waals surface area contributed by atoms with E-state index >= 15 is 0 Å². The molecule has 336 valence electrons. The number of H-pyrrole nitrogens is 1. The molecule has 11 nitrogen and oxygen atoms in total. The van der Waals surface area contributed by atoms with Crippen LogP contribution in [0.3, 0.4) is 0 Å². The number of aliphatic hydroxyl groups is 3. The van der Waals surface area contributed by atoms with Crippen molar-refractivity contribution in [1.29, 1.82) is 0 Å². The second-order valence-electron chi connectivity index (χ2n) is 18.4. The predicted molar refractivity (Wildman–Crippen MR) is 245 cm³/mol. The third kappa shape index (κ3) is 12.3. The Morgan fingerprint density at radius 2 is 1.69 bits per heavy atom. The summed E-state index contributed by atoms with van der Waals surface area (Å²) in [6.45, 7) is 2.59. The number of aliphatic hydroxyl groups excluding tert-OH is 2. The number of phenolic OH excluding ortho intramolecular Hbond substituents is 2. The third-order valence-corrected chi connectivity index (χ3v) is 13.8. The van der Waals surface area contributed by atoms with Crippen LogP contribution in [0.25, 0.3) is 22.4 Å².